The Morgan fingerprint density at radius 3 is 2.29 bits per heavy atom. The Morgan fingerprint density at radius 1 is 1.08 bits per heavy atom. The molecule has 0 aromatic heterocycles. The molecule has 0 radical (unpaired) electrons. The van der Waals surface area contributed by atoms with Gasteiger partial charge in [-0.25, -0.2) is 4.79 Å². The lowest BCUT2D eigenvalue weighted by Gasteiger charge is -2.24. The third-order valence-electron chi connectivity index (χ3n) is 3.92. The van der Waals surface area contributed by atoms with Crippen molar-refractivity contribution >= 4 is 11.9 Å². The average Bonchev–Trinajstić information content (AvgIpc) is 2.62. The monoisotopic (exact) mass is 326 g/mol. The van der Waals surface area contributed by atoms with Crippen molar-refractivity contribution in [2.75, 3.05) is 13.7 Å². The SMILES string of the molecule is COC(=O)c1ccc(CCNC(=O)C(C)(N)c2ccccc2)cc1. The Hall–Kier alpha value is -2.66. The van der Waals surface area contributed by atoms with E-state index < -0.39 is 5.54 Å². The quantitative estimate of drug-likeness (QED) is 0.796. The van der Waals surface area contributed by atoms with Crippen molar-refractivity contribution in [3.8, 4) is 0 Å². The molecular weight excluding hydrogens is 304 g/mol. The number of amides is 1. The van der Waals surface area contributed by atoms with Gasteiger partial charge >= 0.3 is 5.97 Å². The van der Waals surface area contributed by atoms with E-state index in [2.05, 4.69) is 10.1 Å². The van der Waals surface area contributed by atoms with Crippen LogP contribution in [0.5, 0.6) is 0 Å². The molecule has 0 aliphatic heterocycles. The summed E-state index contributed by atoms with van der Waals surface area (Å²) >= 11 is 0. The van der Waals surface area contributed by atoms with Gasteiger partial charge in [-0.05, 0) is 36.6 Å². The third-order valence-corrected chi connectivity index (χ3v) is 3.92. The number of methoxy groups -OCH3 is 1. The van der Waals surface area contributed by atoms with Gasteiger partial charge in [0.1, 0.15) is 5.54 Å². The number of ether oxygens (including phenoxy) is 1. The predicted molar refractivity (Wildman–Crippen MR) is 92.5 cm³/mol. The molecule has 2 aromatic carbocycles. The molecule has 3 N–H and O–H groups in total. The maximum absolute atomic E-state index is 12.3. The second kappa shape index (κ2) is 7.75. The van der Waals surface area contributed by atoms with Gasteiger partial charge in [0.15, 0.2) is 0 Å². The normalized spacial score (nSPS) is 13.0. The minimum atomic E-state index is -1.07. The molecule has 0 heterocycles. The van der Waals surface area contributed by atoms with Crippen LogP contribution in [0.1, 0.15) is 28.4 Å². The van der Waals surface area contributed by atoms with Crippen LogP contribution in [0.3, 0.4) is 0 Å². The van der Waals surface area contributed by atoms with Crippen LogP contribution < -0.4 is 11.1 Å². The van der Waals surface area contributed by atoms with Gasteiger partial charge in [-0.2, -0.15) is 0 Å². The van der Waals surface area contributed by atoms with E-state index in [4.69, 9.17) is 5.73 Å². The molecule has 0 fully saturated rings. The molecule has 0 aliphatic rings. The number of hydrogen-bond acceptors (Lipinski definition) is 4. The summed E-state index contributed by atoms with van der Waals surface area (Å²) in [5.74, 6) is -0.587. The molecule has 0 saturated carbocycles. The first-order valence-corrected chi connectivity index (χ1v) is 7.75. The number of nitrogens with two attached hydrogens (primary N) is 1. The molecule has 1 amide bonds. The first-order valence-electron chi connectivity index (χ1n) is 7.75. The molecule has 0 bridgehead atoms. The number of esters is 1. The van der Waals surface area contributed by atoms with Crippen molar-refractivity contribution in [2.24, 2.45) is 5.73 Å². The summed E-state index contributed by atoms with van der Waals surface area (Å²) in [6.45, 7) is 2.17. The van der Waals surface area contributed by atoms with Crippen molar-refractivity contribution in [3.63, 3.8) is 0 Å². The molecule has 2 aromatic rings. The van der Waals surface area contributed by atoms with E-state index in [1.807, 2.05) is 42.5 Å². The zero-order valence-electron chi connectivity index (χ0n) is 13.9. The largest absolute Gasteiger partial charge is 0.465 e. The Bertz CT molecular complexity index is 694. The van der Waals surface area contributed by atoms with Crippen LogP contribution in [0.25, 0.3) is 0 Å². The van der Waals surface area contributed by atoms with Crippen LogP contribution >= 0.6 is 0 Å². The van der Waals surface area contributed by atoms with E-state index in [1.54, 1.807) is 19.1 Å². The van der Waals surface area contributed by atoms with Crippen molar-refractivity contribution < 1.29 is 14.3 Å². The highest BCUT2D eigenvalue weighted by molar-refractivity contribution is 5.89. The van der Waals surface area contributed by atoms with Crippen LogP contribution in [-0.2, 0) is 21.5 Å². The smallest absolute Gasteiger partial charge is 0.337 e. The summed E-state index contributed by atoms with van der Waals surface area (Å²) < 4.78 is 4.66. The minimum Gasteiger partial charge on any atom is -0.465 e. The van der Waals surface area contributed by atoms with Gasteiger partial charge in [0.2, 0.25) is 5.91 Å². The number of nitrogens with one attached hydrogen (secondary N) is 1. The van der Waals surface area contributed by atoms with Crippen molar-refractivity contribution in [1.82, 2.24) is 5.32 Å². The molecule has 1 atom stereocenters. The molecule has 0 saturated heterocycles. The molecular formula is C19H22N2O3. The van der Waals surface area contributed by atoms with Crippen molar-refractivity contribution in [3.05, 3.63) is 71.3 Å². The summed E-state index contributed by atoms with van der Waals surface area (Å²) in [6, 6.07) is 16.4. The number of hydrogen-bond donors (Lipinski definition) is 2. The lowest BCUT2D eigenvalue weighted by atomic mass is 9.92. The van der Waals surface area contributed by atoms with Crippen molar-refractivity contribution in [2.45, 2.75) is 18.9 Å². The molecule has 0 aliphatic carbocycles. The van der Waals surface area contributed by atoms with E-state index in [0.29, 0.717) is 18.5 Å². The molecule has 24 heavy (non-hydrogen) atoms. The third kappa shape index (κ3) is 4.20. The molecule has 5 heteroatoms. The highest BCUT2D eigenvalue weighted by Crippen LogP contribution is 2.17. The zero-order chi connectivity index (χ0) is 17.6. The highest BCUT2D eigenvalue weighted by atomic mass is 16.5. The van der Waals surface area contributed by atoms with Gasteiger partial charge < -0.3 is 15.8 Å². The Labute approximate surface area is 141 Å². The highest BCUT2D eigenvalue weighted by Gasteiger charge is 2.29. The van der Waals surface area contributed by atoms with E-state index in [0.717, 1.165) is 11.1 Å². The van der Waals surface area contributed by atoms with Crippen LogP contribution in [-0.4, -0.2) is 25.5 Å². The summed E-state index contributed by atoms with van der Waals surface area (Å²) in [5.41, 5.74) is 7.38. The number of carbonyl (C=O) groups excluding carboxylic acids is 2. The second-order valence-electron chi connectivity index (χ2n) is 5.76. The first kappa shape index (κ1) is 17.7. The standard InChI is InChI=1S/C19H22N2O3/c1-19(20,16-6-4-3-5-7-16)18(23)21-13-12-14-8-10-15(11-9-14)17(22)24-2/h3-11H,12-13,20H2,1-2H3,(H,21,23). The van der Waals surface area contributed by atoms with E-state index in [9.17, 15) is 9.59 Å². The van der Waals surface area contributed by atoms with Gasteiger partial charge in [-0.15, -0.1) is 0 Å². The topological polar surface area (TPSA) is 81.4 Å². The summed E-state index contributed by atoms with van der Waals surface area (Å²) in [6.07, 6.45) is 0.651. The summed E-state index contributed by atoms with van der Waals surface area (Å²) in [7, 11) is 1.35. The molecule has 126 valence electrons. The Balaban J connectivity index is 1.89. The van der Waals surface area contributed by atoms with Gasteiger partial charge in [-0.1, -0.05) is 42.5 Å². The second-order valence-corrected chi connectivity index (χ2v) is 5.76. The fourth-order valence-corrected chi connectivity index (χ4v) is 2.34. The van der Waals surface area contributed by atoms with E-state index >= 15 is 0 Å². The maximum atomic E-state index is 12.3. The van der Waals surface area contributed by atoms with Gasteiger partial charge in [0, 0.05) is 6.54 Å². The fourth-order valence-electron chi connectivity index (χ4n) is 2.34. The van der Waals surface area contributed by atoms with E-state index in [1.165, 1.54) is 7.11 Å². The molecule has 1 unspecified atom stereocenters. The zero-order valence-corrected chi connectivity index (χ0v) is 13.9. The molecule has 2 rings (SSSR count). The number of benzene rings is 2. The predicted octanol–water partition coefficient (Wildman–Crippen LogP) is 2.01. The lowest BCUT2D eigenvalue weighted by molar-refractivity contribution is -0.126. The average molecular weight is 326 g/mol. The lowest BCUT2D eigenvalue weighted by Crippen LogP contribution is -2.49. The summed E-state index contributed by atoms with van der Waals surface area (Å²) in [4.78, 5) is 23.7. The summed E-state index contributed by atoms with van der Waals surface area (Å²) in [5, 5.41) is 2.86. The number of rotatable bonds is 6. The Morgan fingerprint density at radius 2 is 1.71 bits per heavy atom. The number of carbonyl (C=O) groups is 2. The van der Waals surface area contributed by atoms with Crippen LogP contribution in [0.15, 0.2) is 54.6 Å². The molecule has 0 spiro atoms. The van der Waals surface area contributed by atoms with Gasteiger partial charge in [0.25, 0.3) is 0 Å². The van der Waals surface area contributed by atoms with Gasteiger partial charge in [0.05, 0.1) is 12.7 Å². The van der Waals surface area contributed by atoms with Crippen LogP contribution in [0, 0.1) is 0 Å². The van der Waals surface area contributed by atoms with Crippen molar-refractivity contribution in [1.29, 1.82) is 0 Å². The molecule has 5 nitrogen and oxygen atoms in total. The van der Waals surface area contributed by atoms with Crippen LogP contribution in [0.2, 0.25) is 0 Å². The van der Waals surface area contributed by atoms with E-state index in [-0.39, 0.29) is 11.9 Å². The Kier molecular flexibility index (Phi) is 5.71. The van der Waals surface area contributed by atoms with Gasteiger partial charge in [-0.3, -0.25) is 4.79 Å². The fraction of sp³-hybridized carbons (Fsp3) is 0.263. The minimum absolute atomic E-state index is 0.222. The first-order chi connectivity index (χ1) is 11.4. The van der Waals surface area contributed by atoms with Crippen LogP contribution in [0.4, 0.5) is 0 Å². The maximum Gasteiger partial charge on any atom is 0.337 e.